The summed E-state index contributed by atoms with van der Waals surface area (Å²) in [6.07, 6.45) is 0.943. The van der Waals surface area contributed by atoms with Crippen molar-refractivity contribution in [3.05, 3.63) is 58.6 Å². The van der Waals surface area contributed by atoms with Crippen LogP contribution in [0.3, 0.4) is 0 Å². The minimum atomic E-state index is -3.22. The highest BCUT2D eigenvalue weighted by Gasteiger charge is 2.63. The Balaban J connectivity index is 1.36. The molecule has 0 spiro atoms. The summed E-state index contributed by atoms with van der Waals surface area (Å²) in [7, 11) is 0. The second-order valence-electron chi connectivity index (χ2n) is 11.5. The van der Waals surface area contributed by atoms with Crippen LogP contribution in [0.1, 0.15) is 49.7 Å². The molecule has 0 radical (unpaired) electrons. The predicted molar refractivity (Wildman–Crippen MR) is 144 cm³/mol. The van der Waals surface area contributed by atoms with E-state index in [9.17, 15) is 24.8 Å². The molecule has 4 fully saturated rings. The van der Waals surface area contributed by atoms with E-state index in [0.717, 1.165) is 11.3 Å². The van der Waals surface area contributed by atoms with Gasteiger partial charge >= 0.3 is 0 Å². The van der Waals surface area contributed by atoms with E-state index in [-0.39, 0.29) is 41.3 Å². The second-order valence-corrected chi connectivity index (χ2v) is 11.9. The van der Waals surface area contributed by atoms with E-state index < -0.39 is 59.7 Å². The van der Waals surface area contributed by atoms with Crippen LogP contribution in [0.2, 0.25) is 5.02 Å². The third-order valence-electron chi connectivity index (χ3n) is 9.12. The summed E-state index contributed by atoms with van der Waals surface area (Å²) in [4.78, 5) is 41.6. The van der Waals surface area contributed by atoms with Crippen molar-refractivity contribution in [2.24, 2.45) is 11.8 Å². The lowest BCUT2D eigenvalue weighted by atomic mass is 9.70. The largest absolute Gasteiger partial charge is 0.372 e. The molecule has 41 heavy (non-hydrogen) atoms. The number of hydrogen-bond acceptors (Lipinski definition) is 5. The maximum absolute atomic E-state index is 15.3. The molecule has 3 amide bonds. The Morgan fingerprint density at radius 1 is 1.17 bits per heavy atom. The molecule has 0 aromatic heterocycles. The molecule has 7 rings (SSSR count). The summed E-state index contributed by atoms with van der Waals surface area (Å²) in [5.74, 6) is -7.19. The lowest BCUT2D eigenvalue weighted by molar-refractivity contribution is -0.201. The van der Waals surface area contributed by atoms with Gasteiger partial charge in [0.25, 0.3) is 11.8 Å². The standard InChI is InChI=1S/C30H29ClF2N4O4/c31-17-7-9-21-20-5-1-2-6-22(20)30(41,24(21)13-17)28(40)37-19-8-10-23(29(32,33)14-19)25(37)27(39)36-18(15-34)12-16-4-3-11-35-26(16)38/h1-2,5-7,9,13,16,18-19,23,25,41H,3-4,8,10-12,14H2,(H,35,38)(H,36,39)/t16-,18+,19-,23-,25+,30+/m1/s1. The number of carbonyl (C=O) groups excluding carboxylic acids is 3. The molecule has 1 saturated carbocycles. The minimum absolute atomic E-state index is 0.0131. The fraction of sp³-hybridized carbons (Fsp3) is 0.467. The Morgan fingerprint density at radius 3 is 2.66 bits per heavy atom. The lowest BCUT2D eigenvalue weighted by Crippen LogP contribution is -2.70. The van der Waals surface area contributed by atoms with Crippen LogP contribution >= 0.6 is 11.6 Å². The summed E-state index contributed by atoms with van der Waals surface area (Å²) < 4.78 is 30.6. The van der Waals surface area contributed by atoms with Crippen LogP contribution in [0.15, 0.2) is 42.5 Å². The molecule has 214 valence electrons. The van der Waals surface area contributed by atoms with Crippen molar-refractivity contribution in [1.82, 2.24) is 15.5 Å². The molecule has 5 aliphatic rings. The number of rotatable bonds is 5. The van der Waals surface area contributed by atoms with E-state index in [2.05, 4.69) is 10.6 Å². The van der Waals surface area contributed by atoms with E-state index in [0.29, 0.717) is 24.1 Å². The number of nitriles is 1. The zero-order chi connectivity index (χ0) is 29.1. The first kappa shape index (κ1) is 27.6. The third kappa shape index (κ3) is 4.37. The quantitative estimate of drug-likeness (QED) is 0.498. The van der Waals surface area contributed by atoms with Crippen LogP contribution in [0.25, 0.3) is 11.1 Å². The molecule has 2 bridgehead atoms. The number of aliphatic hydroxyl groups is 1. The first-order valence-electron chi connectivity index (χ1n) is 13.9. The number of fused-ring (bicyclic) bond motifs is 6. The molecule has 11 heteroatoms. The normalized spacial score (nSPS) is 30.0. The van der Waals surface area contributed by atoms with Crippen LogP contribution in [0.5, 0.6) is 0 Å². The molecule has 8 nitrogen and oxygen atoms in total. The van der Waals surface area contributed by atoms with Crippen molar-refractivity contribution in [2.45, 2.75) is 68.2 Å². The van der Waals surface area contributed by atoms with Gasteiger partial charge in [-0.2, -0.15) is 5.26 Å². The van der Waals surface area contributed by atoms with E-state index in [1.54, 1.807) is 36.4 Å². The van der Waals surface area contributed by atoms with E-state index in [1.807, 2.05) is 6.07 Å². The number of benzene rings is 2. The van der Waals surface area contributed by atoms with Crippen molar-refractivity contribution in [1.29, 1.82) is 5.26 Å². The van der Waals surface area contributed by atoms with Crippen LogP contribution in [-0.4, -0.2) is 58.3 Å². The van der Waals surface area contributed by atoms with Crippen LogP contribution in [0, 0.1) is 23.2 Å². The smallest absolute Gasteiger partial charge is 0.264 e. The van der Waals surface area contributed by atoms with Gasteiger partial charge in [0.1, 0.15) is 12.1 Å². The molecule has 6 atom stereocenters. The second kappa shape index (κ2) is 10.1. The van der Waals surface area contributed by atoms with E-state index >= 15 is 8.78 Å². The van der Waals surface area contributed by atoms with Gasteiger partial charge in [-0.15, -0.1) is 0 Å². The van der Waals surface area contributed by atoms with Gasteiger partial charge in [0.15, 0.2) is 5.60 Å². The van der Waals surface area contributed by atoms with Crippen molar-refractivity contribution in [3.63, 3.8) is 0 Å². The summed E-state index contributed by atoms with van der Waals surface area (Å²) in [5, 5.41) is 27.6. The molecule has 3 saturated heterocycles. The molecule has 3 aliphatic heterocycles. The van der Waals surface area contributed by atoms with Crippen molar-refractivity contribution < 1.29 is 28.3 Å². The van der Waals surface area contributed by atoms with Gasteiger partial charge in [-0.25, -0.2) is 8.78 Å². The van der Waals surface area contributed by atoms with E-state index in [1.165, 1.54) is 6.07 Å². The molecular weight excluding hydrogens is 554 g/mol. The summed E-state index contributed by atoms with van der Waals surface area (Å²) in [6.45, 7) is 0.538. The zero-order valence-corrected chi connectivity index (χ0v) is 22.8. The Bertz CT molecular complexity index is 1480. The topological polar surface area (TPSA) is 123 Å². The highest BCUT2D eigenvalue weighted by atomic mass is 35.5. The van der Waals surface area contributed by atoms with Crippen LogP contribution < -0.4 is 10.6 Å². The van der Waals surface area contributed by atoms with Crippen molar-refractivity contribution in [3.8, 4) is 17.2 Å². The molecule has 2 aromatic rings. The van der Waals surface area contributed by atoms with Gasteiger partial charge in [0.05, 0.1) is 12.0 Å². The van der Waals surface area contributed by atoms with Gasteiger partial charge in [0.2, 0.25) is 11.8 Å². The number of nitrogens with one attached hydrogen (secondary N) is 2. The average Bonchev–Trinajstić information content (AvgIpc) is 3.21. The number of alkyl halides is 2. The van der Waals surface area contributed by atoms with Crippen molar-refractivity contribution >= 4 is 29.3 Å². The molecule has 3 heterocycles. The predicted octanol–water partition coefficient (Wildman–Crippen LogP) is 3.50. The Labute approximate surface area is 240 Å². The number of piperidine rings is 3. The Morgan fingerprint density at radius 2 is 1.93 bits per heavy atom. The fourth-order valence-corrected chi connectivity index (χ4v) is 7.36. The SMILES string of the molecule is N#C[C@H](C[C@H]1CCCNC1=O)NC(=O)[C@@H]1[C@H]2CC[C@H](CC2(F)F)N1C(=O)[C@]1(O)c2ccccc2-c2ccc(Cl)cc21. The maximum Gasteiger partial charge on any atom is 0.264 e. The highest BCUT2D eigenvalue weighted by Crippen LogP contribution is 2.54. The molecule has 0 unspecified atom stereocenters. The summed E-state index contributed by atoms with van der Waals surface area (Å²) >= 11 is 6.27. The fourth-order valence-electron chi connectivity index (χ4n) is 7.19. The van der Waals surface area contributed by atoms with Crippen molar-refractivity contribution in [2.75, 3.05) is 6.54 Å². The number of hydrogen-bond donors (Lipinski definition) is 3. The third-order valence-corrected chi connectivity index (χ3v) is 9.35. The van der Waals surface area contributed by atoms with Crippen LogP contribution in [-0.2, 0) is 20.0 Å². The summed E-state index contributed by atoms with van der Waals surface area (Å²) in [5.41, 5.74) is -0.546. The monoisotopic (exact) mass is 582 g/mol. The van der Waals surface area contributed by atoms with Gasteiger partial charge in [-0.3, -0.25) is 14.4 Å². The first-order valence-corrected chi connectivity index (χ1v) is 14.2. The lowest BCUT2D eigenvalue weighted by Gasteiger charge is -2.54. The highest BCUT2D eigenvalue weighted by molar-refractivity contribution is 6.31. The number of nitrogens with zero attached hydrogens (tertiary/aromatic N) is 2. The average molecular weight is 583 g/mol. The maximum atomic E-state index is 15.3. The molecule has 3 N–H and O–H groups in total. The number of carbonyl (C=O) groups is 3. The first-order chi connectivity index (χ1) is 19.6. The van der Waals surface area contributed by atoms with E-state index in [4.69, 9.17) is 11.6 Å². The Kier molecular flexibility index (Phi) is 6.78. The zero-order valence-electron chi connectivity index (χ0n) is 22.1. The summed E-state index contributed by atoms with van der Waals surface area (Å²) in [6, 6.07) is 9.88. The minimum Gasteiger partial charge on any atom is -0.372 e. The van der Waals surface area contributed by atoms with Gasteiger partial charge in [-0.1, -0.05) is 41.9 Å². The number of amides is 3. The number of halogens is 3. The van der Waals surface area contributed by atoms with Gasteiger partial charge in [-0.05, 0) is 55.4 Å². The van der Waals surface area contributed by atoms with Gasteiger partial charge < -0.3 is 20.6 Å². The molecule has 2 aliphatic carbocycles. The molecule has 2 aromatic carbocycles. The van der Waals surface area contributed by atoms with Crippen LogP contribution in [0.4, 0.5) is 8.78 Å². The molecular formula is C30H29ClF2N4O4. The van der Waals surface area contributed by atoms with Gasteiger partial charge in [0, 0.05) is 41.1 Å². The Hall–Kier alpha value is -3.55.